The van der Waals surface area contributed by atoms with Gasteiger partial charge < -0.3 is 14.2 Å². The van der Waals surface area contributed by atoms with E-state index in [4.69, 9.17) is 9.72 Å². The zero-order valence-corrected chi connectivity index (χ0v) is 21.7. The Morgan fingerprint density at radius 3 is 2.53 bits per heavy atom. The third kappa shape index (κ3) is 4.70. The molecular weight excluding hydrogens is 422 g/mol. The minimum absolute atomic E-state index is 0.0152. The fourth-order valence-corrected chi connectivity index (χ4v) is 5.54. The molecule has 1 heterocycles. The van der Waals surface area contributed by atoms with Gasteiger partial charge in [0, 0.05) is 25.3 Å². The zero-order chi connectivity index (χ0) is 24.6. The Bertz CT molecular complexity index is 1160. The monoisotopic (exact) mass is 461 g/mol. The van der Waals surface area contributed by atoms with Crippen molar-refractivity contribution in [2.24, 2.45) is 17.8 Å². The van der Waals surface area contributed by atoms with E-state index in [1.54, 1.807) is 0 Å². The Balaban J connectivity index is 1.71. The summed E-state index contributed by atoms with van der Waals surface area (Å²) in [4.78, 5) is 20.6. The summed E-state index contributed by atoms with van der Waals surface area (Å²) < 4.78 is 8.30. The SMILES string of the molecule is Cc1cc(-c2nc3ccccc3n2[C@H](C)C(=O)O[C@@H]2C[C@H](C)CCC2C(C)C)ccc1N(C)C. The second-order valence-electron chi connectivity index (χ2n) is 10.7. The molecule has 1 aromatic heterocycles. The van der Waals surface area contributed by atoms with Crippen LogP contribution in [0.4, 0.5) is 5.69 Å². The topological polar surface area (TPSA) is 47.4 Å². The lowest BCUT2D eigenvalue weighted by Crippen LogP contribution is -2.37. The van der Waals surface area contributed by atoms with Crippen molar-refractivity contribution in [2.45, 2.75) is 66.0 Å². The normalized spacial score (nSPS) is 21.6. The van der Waals surface area contributed by atoms with Crippen LogP contribution in [0.2, 0.25) is 0 Å². The van der Waals surface area contributed by atoms with Gasteiger partial charge in [0.15, 0.2) is 0 Å². The average Bonchev–Trinajstić information content (AvgIpc) is 3.17. The quantitative estimate of drug-likeness (QED) is 0.386. The van der Waals surface area contributed by atoms with Crippen LogP contribution >= 0.6 is 0 Å². The molecule has 1 aliphatic carbocycles. The van der Waals surface area contributed by atoms with Gasteiger partial charge in [-0.25, -0.2) is 9.78 Å². The van der Waals surface area contributed by atoms with Crippen LogP contribution in [-0.2, 0) is 9.53 Å². The highest BCUT2D eigenvalue weighted by atomic mass is 16.5. The Kier molecular flexibility index (Phi) is 7.01. The molecule has 0 radical (unpaired) electrons. The van der Waals surface area contributed by atoms with Crippen LogP contribution in [0.5, 0.6) is 0 Å². The molecule has 0 amide bonds. The van der Waals surface area contributed by atoms with E-state index in [1.807, 2.05) is 45.3 Å². The molecule has 1 aliphatic rings. The number of benzene rings is 2. The van der Waals surface area contributed by atoms with E-state index in [1.165, 1.54) is 17.7 Å². The first-order valence-electron chi connectivity index (χ1n) is 12.6. The highest BCUT2D eigenvalue weighted by Crippen LogP contribution is 2.37. The van der Waals surface area contributed by atoms with Crippen molar-refractivity contribution in [3.63, 3.8) is 0 Å². The fraction of sp³-hybridized carbons (Fsp3) is 0.517. The molecule has 1 unspecified atom stereocenters. The number of ether oxygens (including phenoxy) is 1. The number of carbonyl (C=O) groups is 1. The van der Waals surface area contributed by atoms with Crippen LogP contribution in [0, 0.1) is 24.7 Å². The van der Waals surface area contributed by atoms with Crippen molar-refractivity contribution in [3.05, 3.63) is 48.0 Å². The zero-order valence-electron chi connectivity index (χ0n) is 21.7. The van der Waals surface area contributed by atoms with Gasteiger partial charge in [-0.05, 0) is 80.3 Å². The van der Waals surface area contributed by atoms with Crippen LogP contribution in [0.3, 0.4) is 0 Å². The van der Waals surface area contributed by atoms with E-state index in [-0.39, 0.29) is 12.1 Å². The third-order valence-corrected chi connectivity index (χ3v) is 7.49. The molecule has 2 aromatic carbocycles. The molecule has 5 heteroatoms. The number of hydrogen-bond acceptors (Lipinski definition) is 4. The molecule has 1 fully saturated rings. The van der Waals surface area contributed by atoms with Gasteiger partial charge in [0.25, 0.3) is 0 Å². The maximum atomic E-state index is 13.5. The first kappa shape index (κ1) is 24.3. The second-order valence-corrected chi connectivity index (χ2v) is 10.7. The Labute approximate surface area is 204 Å². The van der Waals surface area contributed by atoms with Crippen LogP contribution in [0.25, 0.3) is 22.4 Å². The smallest absolute Gasteiger partial charge is 0.329 e. The van der Waals surface area contributed by atoms with Crippen LogP contribution in [-0.4, -0.2) is 35.7 Å². The van der Waals surface area contributed by atoms with Gasteiger partial charge in [0.05, 0.1) is 11.0 Å². The lowest BCUT2D eigenvalue weighted by molar-refractivity contribution is -0.159. The van der Waals surface area contributed by atoms with Crippen molar-refractivity contribution >= 4 is 22.7 Å². The number of rotatable bonds is 6. The maximum Gasteiger partial charge on any atom is 0.329 e. The summed E-state index contributed by atoms with van der Waals surface area (Å²) >= 11 is 0. The molecule has 4 atom stereocenters. The largest absolute Gasteiger partial charge is 0.461 e. The number of imidazole rings is 1. The molecule has 182 valence electrons. The van der Waals surface area contributed by atoms with Crippen molar-refractivity contribution < 1.29 is 9.53 Å². The van der Waals surface area contributed by atoms with Gasteiger partial charge in [-0.15, -0.1) is 0 Å². The number of anilines is 1. The Morgan fingerprint density at radius 1 is 1.12 bits per heavy atom. The number of para-hydroxylation sites is 2. The molecular formula is C29H39N3O2. The minimum Gasteiger partial charge on any atom is -0.461 e. The molecule has 3 aromatic rings. The molecule has 0 bridgehead atoms. The highest BCUT2D eigenvalue weighted by molar-refractivity contribution is 5.85. The molecule has 34 heavy (non-hydrogen) atoms. The van der Waals surface area contributed by atoms with Gasteiger partial charge in [-0.3, -0.25) is 0 Å². The predicted molar refractivity (Wildman–Crippen MR) is 140 cm³/mol. The molecule has 0 N–H and O–H groups in total. The van der Waals surface area contributed by atoms with Crippen molar-refractivity contribution in [1.29, 1.82) is 0 Å². The predicted octanol–water partition coefficient (Wildman–Crippen LogP) is 6.64. The summed E-state index contributed by atoms with van der Waals surface area (Å²) in [5.74, 6) is 2.15. The Morgan fingerprint density at radius 2 is 1.85 bits per heavy atom. The minimum atomic E-state index is -0.471. The summed E-state index contributed by atoms with van der Waals surface area (Å²) in [7, 11) is 4.09. The standard InChI is InChI=1S/C29H39N3O2/c1-18(2)23-14-12-19(3)16-27(23)34-29(33)21(5)32-26-11-9-8-10-24(26)30-28(32)22-13-15-25(31(6)7)20(4)17-22/h8-11,13,15,17-19,21,23,27H,12,14,16H2,1-7H3/t19-,21-,23?,27-/m1/s1. The fourth-order valence-electron chi connectivity index (χ4n) is 5.54. The van der Waals surface area contributed by atoms with Gasteiger partial charge in [0.2, 0.25) is 0 Å². The number of aromatic nitrogens is 2. The van der Waals surface area contributed by atoms with E-state index >= 15 is 0 Å². The molecule has 0 spiro atoms. The second kappa shape index (κ2) is 9.81. The molecule has 1 saturated carbocycles. The van der Waals surface area contributed by atoms with Gasteiger partial charge in [-0.1, -0.05) is 39.3 Å². The lowest BCUT2D eigenvalue weighted by atomic mass is 9.75. The summed E-state index contributed by atoms with van der Waals surface area (Å²) in [6.07, 6.45) is 3.27. The molecule has 0 saturated heterocycles. The van der Waals surface area contributed by atoms with E-state index in [0.717, 1.165) is 35.3 Å². The Hall–Kier alpha value is -2.82. The number of hydrogen-bond donors (Lipinski definition) is 0. The first-order chi connectivity index (χ1) is 16.2. The molecule has 5 nitrogen and oxygen atoms in total. The average molecular weight is 462 g/mol. The highest BCUT2D eigenvalue weighted by Gasteiger charge is 2.35. The lowest BCUT2D eigenvalue weighted by Gasteiger charge is -2.37. The van der Waals surface area contributed by atoms with E-state index in [2.05, 4.69) is 55.4 Å². The van der Waals surface area contributed by atoms with Crippen LogP contribution < -0.4 is 4.90 Å². The first-order valence-corrected chi connectivity index (χ1v) is 12.6. The number of aryl methyl sites for hydroxylation is 1. The maximum absolute atomic E-state index is 13.5. The number of esters is 1. The summed E-state index contributed by atoms with van der Waals surface area (Å²) in [5.41, 5.74) is 5.19. The number of fused-ring (bicyclic) bond motifs is 1. The summed E-state index contributed by atoms with van der Waals surface area (Å²) in [6, 6.07) is 13.9. The van der Waals surface area contributed by atoms with Crippen molar-refractivity contribution in [2.75, 3.05) is 19.0 Å². The molecule has 4 rings (SSSR count). The summed E-state index contributed by atoms with van der Waals surface area (Å²) in [5, 5.41) is 0. The van der Waals surface area contributed by atoms with Gasteiger partial charge in [-0.2, -0.15) is 0 Å². The van der Waals surface area contributed by atoms with Gasteiger partial charge >= 0.3 is 5.97 Å². The van der Waals surface area contributed by atoms with E-state index < -0.39 is 6.04 Å². The summed E-state index contributed by atoms with van der Waals surface area (Å²) in [6.45, 7) is 10.8. The van der Waals surface area contributed by atoms with Crippen molar-refractivity contribution in [1.82, 2.24) is 9.55 Å². The number of nitrogens with zero attached hydrogens (tertiary/aromatic N) is 3. The third-order valence-electron chi connectivity index (χ3n) is 7.49. The molecule has 0 aliphatic heterocycles. The van der Waals surface area contributed by atoms with E-state index in [0.29, 0.717) is 17.8 Å². The van der Waals surface area contributed by atoms with Crippen LogP contribution in [0.1, 0.15) is 58.6 Å². The number of carbonyl (C=O) groups excluding carboxylic acids is 1. The van der Waals surface area contributed by atoms with Gasteiger partial charge in [0.1, 0.15) is 18.0 Å². The van der Waals surface area contributed by atoms with Crippen molar-refractivity contribution in [3.8, 4) is 11.4 Å². The van der Waals surface area contributed by atoms with E-state index in [9.17, 15) is 4.79 Å². The van der Waals surface area contributed by atoms with Crippen LogP contribution in [0.15, 0.2) is 42.5 Å².